The van der Waals surface area contributed by atoms with Crippen LogP contribution < -0.4 is 5.32 Å². The van der Waals surface area contributed by atoms with Gasteiger partial charge in [0.2, 0.25) is 0 Å². The van der Waals surface area contributed by atoms with Crippen LogP contribution in [0.5, 0.6) is 0 Å². The zero-order chi connectivity index (χ0) is 10.6. The minimum atomic E-state index is -0.854. The Morgan fingerprint density at radius 2 is 2.43 bits per heavy atom. The van der Waals surface area contributed by atoms with Crippen LogP contribution in [0, 0.1) is 0 Å². The van der Waals surface area contributed by atoms with Crippen molar-refractivity contribution in [2.24, 2.45) is 0 Å². The summed E-state index contributed by atoms with van der Waals surface area (Å²) in [4.78, 5) is 21.0. The number of hydrogen-bond donors (Lipinski definition) is 2. The van der Waals surface area contributed by atoms with Crippen molar-refractivity contribution in [1.82, 2.24) is 5.32 Å². The summed E-state index contributed by atoms with van der Waals surface area (Å²) in [6.07, 6.45) is 3.32. The average molecular weight is 197 g/mol. The molecule has 1 rings (SSSR count). The van der Waals surface area contributed by atoms with Crippen molar-refractivity contribution in [3.05, 3.63) is 5.57 Å². The van der Waals surface area contributed by atoms with Crippen LogP contribution in [0.25, 0.3) is 0 Å². The van der Waals surface area contributed by atoms with Crippen molar-refractivity contribution in [1.29, 1.82) is 0 Å². The Balaban J connectivity index is 2.45. The third-order valence-electron chi connectivity index (χ3n) is 2.52. The third kappa shape index (κ3) is 2.98. The molecule has 0 spiro atoms. The molecule has 1 aliphatic rings. The van der Waals surface area contributed by atoms with Crippen LogP contribution in [0.1, 0.15) is 32.6 Å². The lowest BCUT2D eigenvalue weighted by Crippen LogP contribution is -2.42. The molecule has 14 heavy (non-hydrogen) atoms. The second-order valence-electron chi connectivity index (χ2n) is 3.73. The molecular formula is C10H15NO3. The number of aliphatic carboxylic acids is 1. The zero-order valence-electron chi connectivity index (χ0n) is 8.25. The van der Waals surface area contributed by atoms with Gasteiger partial charge in [0.25, 0.3) is 0 Å². The van der Waals surface area contributed by atoms with Gasteiger partial charge >= 0.3 is 5.97 Å². The van der Waals surface area contributed by atoms with E-state index in [1.165, 1.54) is 0 Å². The summed E-state index contributed by atoms with van der Waals surface area (Å²) in [6, 6.07) is -0.433. The molecule has 4 heteroatoms. The van der Waals surface area contributed by atoms with Gasteiger partial charge in [-0.1, -0.05) is 0 Å². The molecule has 1 fully saturated rings. The van der Waals surface area contributed by atoms with Gasteiger partial charge < -0.3 is 10.4 Å². The van der Waals surface area contributed by atoms with E-state index in [9.17, 15) is 9.59 Å². The van der Waals surface area contributed by atoms with Crippen molar-refractivity contribution >= 4 is 11.9 Å². The fourth-order valence-electron chi connectivity index (χ4n) is 1.72. The lowest BCUT2D eigenvalue weighted by molar-refractivity contribution is -0.139. The highest BCUT2D eigenvalue weighted by Gasteiger charge is 2.21. The molecule has 0 aromatic rings. The largest absolute Gasteiger partial charge is 0.480 e. The fraction of sp³-hybridized carbons (Fsp3) is 0.700. The van der Waals surface area contributed by atoms with Crippen LogP contribution in [-0.4, -0.2) is 29.1 Å². The highest BCUT2D eigenvalue weighted by atomic mass is 16.4. The SMILES string of the molecule is CC(NC1CCCC(=C=O)C1)C(=O)O. The topological polar surface area (TPSA) is 66.4 Å². The second-order valence-corrected chi connectivity index (χ2v) is 3.73. The Bertz CT molecular complexity index is 269. The highest BCUT2D eigenvalue weighted by molar-refractivity contribution is 5.72. The molecule has 0 radical (unpaired) electrons. The van der Waals surface area contributed by atoms with Gasteiger partial charge in [-0.3, -0.25) is 4.79 Å². The van der Waals surface area contributed by atoms with Gasteiger partial charge in [0.1, 0.15) is 12.0 Å². The van der Waals surface area contributed by atoms with Crippen molar-refractivity contribution in [3.63, 3.8) is 0 Å². The molecule has 2 N–H and O–H groups in total. The molecule has 2 unspecified atom stereocenters. The molecule has 0 bridgehead atoms. The number of nitrogens with one attached hydrogen (secondary N) is 1. The summed E-state index contributed by atoms with van der Waals surface area (Å²) in [5.41, 5.74) is 0.770. The number of rotatable bonds is 3. The van der Waals surface area contributed by atoms with E-state index < -0.39 is 12.0 Å². The smallest absolute Gasteiger partial charge is 0.320 e. The number of carboxylic acids is 1. The maximum atomic E-state index is 10.6. The predicted octanol–water partition coefficient (Wildman–Crippen LogP) is 0.750. The van der Waals surface area contributed by atoms with Crippen molar-refractivity contribution in [2.45, 2.75) is 44.7 Å². The van der Waals surface area contributed by atoms with Crippen LogP contribution in [0.3, 0.4) is 0 Å². The fourth-order valence-corrected chi connectivity index (χ4v) is 1.72. The second kappa shape index (κ2) is 4.94. The van der Waals surface area contributed by atoms with E-state index in [0.717, 1.165) is 24.8 Å². The Morgan fingerprint density at radius 3 is 3.00 bits per heavy atom. The van der Waals surface area contributed by atoms with Gasteiger partial charge in [-0.25, -0.2) is 4.79 Å². The minimum Gasteiger partial charge on any atom is -0.480 e. The van der Waals surface area contributed by atoms with E-state index in [-0.39, 0.29) is 6.04 Å². The van der Waals surface area contributed by atoms with E-state index in [1.807, 2.05) is 5.94 Å². The van der Waals surface area contributed by atoms with Crippen LogP contribution in [-0.2, 0) is 9.59 Å². The van der Waals surface area contributed by atoms with Crippen LogP contribution in [0.4, 0.5) is 0 Å². The van der Waals surface area contributed by atoms with E-state index in [4.69, 9.17) is 5.11 Å². The molecule has 78 valence electrons. The third-order valence-corrected chi connectivity index (χ3v) is 2.52. The highest BCUT2D eigenvalue weighted by Crippen LogP contribution is 2.21. The van der Waals surface area contributed by atoms with Crippen LogP contribution in [0.15, 0.2) is 5.57 Å². The van der Waals surface area contributed by atoms with Crippen molar-refractivity contribution in [2.75, 3.05) is 0 Å². The van der Waals surface area contributed by atoms with Gasteiger partial charge in [-0.05, 0) is 32.6 Å². The van der Waals surface area contributed by atoms with E-state index >= 15 is 0 Å². The maximum Gasteiger partial charge on any atom is 0.320 e. The quantitative estimate of drug-likeness (QED) is 0.655. The molecule has 0 heterocycles. The normalized spacial score (nSPS) is 24.1. The first kappa shape index (κ1) is 11.0. The summed E-state index contributed by atoms with van der Waals surface area (Å²) < 4.78 is 0. The van der Waals surface area contributed by atoms with Gasteiger partial charge in [-0.2, -0.15) is 0 Å². The number of carbonyl (C=O) groups is 1. The summed E-state index contributed by atoms with van der Waals surface area (Å²) in [6.45, 7) is 1.61. The first-order valence-electron chi connectivity index (χ1n) is 4.85. The van der Waals surface area contributed by atoms with Crippen LogP contribution >= 0.6 is 0 Å². The van der Waals surface area contributed by atoms with E-state index in [2.05, 4.69) is 5.32 Å². The monoisotopic (exact) mass is 197 g/mol. The molecule has 0 saturated heterocycles. The summed E-state index contributed by atoms with van der Waals surface area (Å²) in [7, 11) is 0. The lowest BCUT2D eigenvalue weighted by Gasteiger charge is -2.25. The molecule has 0 aliphatic heterocycles. The van der Waals surface area contributed by atoms with E-state index in [1.54, 1.807) is 6.92 Å². The predicted molar refractivity (Wildman–Crippen MR) is 51.7 cm³/mol. The molecule has 1 aliphatic carbocycles. The molecule has 0 aromatic heterocycles. The van der Waals surface area contributed by atoms with Crippen molar-refractivity contribution < 1.29 is 14.7 Å². The molecule has 4 nitrogen and oxygen atoms in total. The average Bonchev–Trinajstić information content (AvgIpc) is 2.18. The summed E-state index contributed by atoms with van der Waals surface area (Å²) >= 11 is 0. The Kier molecular flexibility index (Phi) is 3.86. The first-order valence-corrected chi connectivity index (χ1v) is 4.85. The minimum absolute atomic E-state index is 0.117. The zero-order valence-corrected chi connectivity index (χ0v) is 8.25. The lowest BCUT2D eigenvalue weighted by atomic mass is 9.91. The molecule has 1 saturated carbocycles. The van der Waals surface area contributed by atoms with Gasteiger partial charge in [0, 0.05) is 11.6 Å². The molecule has 0 amide bonds. The standard InChI is InChI=1S/C10H15NO3/c1-7(10(13)14)11-9-4-2-3-8(5-9)6-12/h7,9,11H,2-5H2,1H3,(H,13,14). The number of hydrogen-bond acceptors (Lipinski definition) is 3. The first-order chi connectivity index (χ1) is 6.63. The Morgan fingerprint density at radius 1 is 1.71 bits per heavy atom. The molecular weight excluding hydrogens is 182 g/mol. The van der Waals surface area contributed by atoms with Gasteiger partial charge in [-0.15, -0.1) is 0 Å². The van der Waals surface area contributed by atoms with Crippen molar-refractivity contribution in [3.8, 4) is 0 Å². The number of carboxylic acid groups (broad SMARTS) is 1. The maximum absolute atomic E-state index is 10.6. The van der Waals surface area contributed by atoms with Crippen LogP contribution in [0.2, 0.25) is 0 Å². The van der Waals surface area contributed by atoms with Gasteiger partial charge in [0.05, 0.1) is 0 Å². The Hall–Kier alpha value is -1.12. The van der Waals surface area contributed by atoms with E-state index in [0.29, 0.717) is 6.42 Å². The summed E-state index contributed by atoms with van der Waals surface area (Å²) in [5.74, 6) is 1.06. The molecule has 0 aromatic carbocycles. The Labute approximate surface area is 83.0 Å². The molecule has 2 atom stereocenters. The number of carbonyl (C=O) groups excluding carboxylic acids is 1. The summed E-state index contributed by atoms with van der Waals surface area (Å²) in [5, 5.41) is 11.7. The van der Waals surface area contributed by atoms with Gasteiger partial charge in [0.15, 0.2) is 0 Å².